The van der Waals surface area contributed by atoms with Crippen LogP contribution >= 0.6 is 0 Å². The summed E-state index contributed by atoms with van der Waals surface area (Å²) >= 11 is 0. The first-order chi connectivity index (χ1) is 10.1. The highest BCUT2D eigenvalue weighted by molar-refractivity contribution is 7.89. The number of hydrogen-bond donors (Lipinski definition) is 2. The molecule has 0 amide bonds. The maximum Gasteiger partial charge on any atom is 0.240 e. The number of aryl methyl sites for hydroxylation is 1. The van der Waals surface area contributed by atoms with Crippen LogP contribution in [0, 0.1) is 0 Å². The monoisotopic (exact) mass is 308 g/mol. The summed E-state index contributed by atoms with van der Waals surface area (Å²) in [5.41, 5.74) is 6.33. The van der Waals surface area contributed by atoms with E-state index < -0.39 is 10.0 Å². The van der Waals surface area contributed by atoms with E-state index in [1.807, 2.05) is 16.8 Å². The number of unbranched alkanes of at least 4 members (excludes halogenated alkanes) is 1. The van der Waals surface area contributed by atoms with Gasteiger partial charge < -0.3 is 10.3 Å². The number of hydrogen-bond acceptors (Lipinski definition) is 4. The maximum atomic E-state index is 12.1. The van der Waals surface area contributed by atoms with Crippen molar-refractivity contribution in [2.45, 2.75) is 30.8 Å². The zero-order chi connectivity index (χ0) is 15.1. The third kappa shape index (κ3) is 4.66. The van der Waals surface area contributed by atoms with Gasteiger partial charge in [0, 0.05) is 32.0 Å². The van der Waals surface area contributed by atoms with Gasteiger partial charge in [-0.25, -0.2) is 18.1 Å². The van der Waals surface area contributed by atoms with Gasteiger partial charge in [-0.05, 0) is 30.5 Å². The van der Waals surface area contributed by atoms with Gasteiger partial charge in [-0.1, -0.05) is 12.1 Å². The van der Waals surface area contributed by atoms with Gasteiger partial charge in [0.15, 0.2) is 0 Å². The Morgan fingerprint density at radius 1 is 1.29 bits per heavy atom. The van der Waals surface area contributed by atoms with Crippen LogP contribution in [0.4, 0.5) is 0 Å². The predicted molar refractivity (Wildman–Crippen MR) is 81.0 cm³/mol. The van der Waals surface area contributed by atoms with Crippen molar-refractivity contribution in [1.29, 1.82) is 0 Å². The lowest BCUT2D eigenvalue weighted by molar-refractivity contribution is 0.566. The lowest BCUT2D eigenvalue weighted by atomic mass is 10.2. The minimum Gasteiger partial charge on any atom is -0.337 e. The summed E-state index contributed by atoms with van der Waals surface area (Å²) in [6, 6.07) is 6.70. The minimum atomic E-state index is -3.45. The fraction of sp³-hybridized carbons (Fsp3) is 0.357. The van der Waals surface area contributed by atoms with Crippen molar-refractivity contribution in [3.8, 4) is 0 Å². The van der Waals surface area contributed by atoms with Gasteiger partial charge in [0.05, 0.1) is 11.2 Å². The van der Waals surface area contributed by atoms with Crippen LogP contribution in [0.25, 0.3) is 0 Å². The highest BCUT2D eigenvalue weighted by Crippen LogP contribution is 2.11. The number of sulfonamides is 1. The molecule has 0 aliphatic rings. The molecule has 0 aliphatic heterocycles. The molecule has 7 heteroatoms. The molecule has 6 nitrogen and oxygen atoms in total. The van der Waals surface area contributed by atoms with E-state index in [0.29, 0.717) is 13.1 Å². The molecule has 2 aromatic rings. The average molecular weight is 308 g/mol. The second kappa shape index (κ2) is 7.35. The first-order valence-corrected chi connectivity index (χ1v) is 8.34. The molecule has 0 unspecified atom stereocenters. The Morgan fingerprint density at radius 2 is 2.14 bits per heavy atom. The number of nitrogens with zero attached hydrogens (tertiary/aromatic N) is 2. The molecule has 3 N–H and O–H groups in total. The van der Waals surface area contributed by atoms with E-state index in [0.717, 1.165) is 24.9 Å². The van der Waals surface area contributed by atoms with Crippen molar-refractivity contribution in [2.24, 2.45) is 5.73 Å². The fourth-order valence-electron chi connectivity index (χ4n) is 1.97. The highest BCUT2D eigenvalue weighted by atomic mass is 32.2. The number of benzene rings is 1. The number of aromatic nitrogens is 2. The first-order valence-electron chi connectivity index (χ1n) is 6.86. The zero-order valence-corrected chi connectivity index (χ0v) is 12.6. The molecule has 114 valence electrons. The molecule has 2 rings (SSSR count). The largest absolute Gasteiger partial charge is 0.337 e. The molecule has 0 aliphatic carbocycles. The molecule has 0 atom stereocenters. The van der Waals surface area contributed by atoms with Gasteiger partial charge in [-0.2, -0.15) is 0 Å². The van der Waals surface area contributed by atoms with Gasteiger partial charge in [0.25, 0.3) is 0 Å². The lowest BCUT2D eigenvalue weighted by Gasteiger charge is -2.08. The maximum absolute atomic E-state index is 12.1. The third-order valence-electron chi connectivity index (χ3n) is 3.14. The van der Waals surface area contributed by atoms with Crippen molar-refractivity contribution < 1.29 is 8.42 Å². The highest BCUT2D eigenvalue weighted by Gasteiger charge is 2.13. The van der Waals surface area contributed by atoms with E-state index in [2.05, 4.69) is 9.71 Å². The van der Waals surface area contributed by atoms with Crippen LogP contribution in [-0.4, -0.2) is 24.5 Å². The lowest BCUT2D eigenvalue weighted by Crippen LogP contribution is -2.25. The summed E-state index contributed by atoms with van der Waals surface area (Å²) < 4.78 is 28.8. The van der Waals surface area contributed by atoms with E-state index >= 15 is 0 Å². The molecule has 1 aromatic carbocycles. The number of imidazole rings is 1. The van der Waals surface area contributed by atoms with Crippen LogP contribution < -0.4 is 10.5 Å². The van der Waals surface area contributed by atoms with Crippen LogP contribution in [0.2, 0.25) is 0 Å². The van der Waals surface area contributed by atoms with Crippen molar-refractivity contribution in [1.82, 2.24) is 14.3 Å². The molecule has 1 heterocycles. The summed E-state index contributed by atoms with van der Waals surface area (Å²) in [6.45, 7) is 1.59. The molecule has 0 saturated heterocycles. The van der Waals surface area contributed by atoms with Crippen molar-refractivity contribution >= 4 is 10.0 Å². The third-order valence-corrected chi connectivity index (χ3v) is 4.60. The Kier molecular flexibility index (Phi) is 5.49. The zero-order valence-electron chi connectivity index (χ0n) is 11.8. The van der Waals surface area contributed by atoms with Crippen molar-refractivity contribution in [3.63, 3.8) is 0 Å². The smallest absolute Gasteiger partial charge is 0.240 e. The SMILES string of the molecule is NCc1cccc(S(=O)(=O)NCCCCn2ccnc2)c1. The van der Waals surface area contributed by atoms with E-state index in [4.69, 9.17) is 5.73 Å². The summed E-state index contributed by atoms with van der Waals surface area (Å²) in [6.07, 6.45) is 7.04. The Morgan fingerprint density at radius 3 is 2.86 bits per heavy atom. The molecule has 0 radical (unpaired) electrons. The summed E-state index contributed by atoms with van der Waals surface area (Å²) in [4.78, 5) is 4.22. The molecule has 0 spiro atoms. The Balaban J connectivity index is 1.80. The molecule has 1 aromatic heterocycles. The molecule has 0 fully saturated rings. The first kappa shape index (κ1) is 15.7. The van der Waals surface area contributed by atoms with Gasteiger partial charge in [0.1, 0.15) is 0 Å². The second-order valence-corrected chi connectivity index (χ2v) is 6.52. The molecular weight excluding hydrogens is 288 g/mol. The normalized spacial score (nSPS) is 11.7. The van der Waals surface area contributed by atoms with Crippen LogP contribution in [0.1, 0.15) is 18.4 Å². The Hall–Kier alpha value is -1.70. The summed E-state index contributed by atoms with van der Waals surface area (Å²) in [7, 11) is -3.45. The van der Waals surface area contributed by atoms with Crippen molar-refractivity contribution in [3.05, 3.63) is 48.5 Å². The topological polar surface area (TPSA) is 90.0 Å². The van der Waals surface area contributed by atoms with Crippen LogP contribution in [0.15, 0.2) is 47.9 Å². The van der Waals surface area contributed by atoms with Crippen molar-refractivity contribution in [2.75, 3.05) is 6.54 Å². The predicted octanol–water partition coefficient (Wildman–Crippen LogP) is 1.10. The van der Waals surface area contributed by atoms with Gasteiger partial charge >= 0.3 is 0 Å². The number of rotatable bonds is 8. The number of nitrogens with two attached hydrogens (primary N) is 1. The van der Waals surface area contributed by atoms with Crippen LogP contribution in [0.5, 0.6) is 0 Å². The van der Waals surface area contributed by atoms with E-state index in [-0.39, 0.29) is 4.90 Å². The standard InChI is InChI=1S/C14H20N4O2S/c15-11-13-4-3-5-14(10-13)21(19,20)17-6-1-2-8-18-9-7-16-12-18/h3-5,7,9-10,12,17H,1-2,6,8,11,15H2. The average Bonchev–Trinajstić information content (AvgIpc) is 3.00. The van der Waals surface area contributed by atoms with Gasteiger partial charge in [-0.3, -0.25) is 0 Å². The van der Waals surface area contributed by atoms with Gasteiger partial charge in [-0.15, -0.1) is 0 Å². The quantitative estimate of drug-likeness (QED) is 0.715. The summed E-state index contributed by atoms with van der Waals surface area (Å²) in [5, 5.41) is 0. The minimum absolute atomic E-state index is 0.264. The van der Waals surface area contributed by atoms with E-state index in [1.165, 1.54) is 0 Å². The second-order valence-electron chi connectivity index (χ2n) is 4.76. The van der Waals surface area contributed by atoms with Crippen LogP contribution in [-0.2, 0) is 23.1 Å². The molecule has 0 bridgehead atoms. The fourth-order valence-corrected chi connectivity index (χ4v) is 3.11. The molecule has 21 heavy (non-hydrogen) atoms. The number of nitrogens with one attached hydrogen (secondary N) is 1. The van der Waals surface area contributed by atoms with E-state index in [1.54, 1.807) is 30.7 Å². The molecule has 0 saturated carbocycles. The summed E-state index contributed by atoms with van der Waals surface area (Å²) in [5.74, 6) is 0. The van der Waals surface area contributed by atoms with E-state index in [9.17, 15) is 8.42 Å². The molecular formula is C14H20N4O2S. The van der Waals surface area contributed by atoms with Gasteiger partial charge in [0.2, 0.25) is 10.0 Å². The Labute approximate surface area is 125 Å². The van der Waals surface area contributed by atoms with Crippen LogP contribution in [0.3, 0.4) is 0 Å². The Bertz CT molecular complexity index is 653.